The average molecular weight is 542 g/mol. The molecule has 0 saturated heterocycles. The van der Waals surface area contributed by atoms with Gasteiger partial charge in [0.05, 0.1) is 11.0 Å². The third-order valence-electron chi connectivity index (χ3n) is 8.67. The Balaban J connectivity index is 1.43. The summed E-state index contributed by atoms with van der Waals surface area (Å²) in [6.07, 6.45) is 2.11. The van der Waals surface area contributed by atoms with Gasteiger partial charge in [0.15, 0.2) is 0 Å². The van der Waals surface area contributed by atoms with Crippen LogP contribution < -0.4 is 0 Å². The summed E-state index contributed by atoms with van der Waals surface area (Å²) in [5, 5.41) is 4.82. The molecular weight excluding hydrogens is 510 g/mol. The van der Waals surface area contributed by atoms with Crippen LogP contribution in [0.15, 0.2) is 132 Å². The van der Waals surface area contributed by atoms with Crippen LogP contribution in [-0.2, 0) is 6.42 Å². The largest absolute Gasteiger partial charge is 0.455 e. The lowest BCUT2D eigenvalue weighted by atomic mass is 9.92. The van der Waals surface area contributed by atoms with Gasteiger partial charge in [0.1, 0.15) is 11.2 Å². The smallest absolute Gasteiger partial charge is 0.143 e. The van der Waals surface area contributed by atoms with E-state index in [0.29, 0.717) is 0 Å². The molecule has 8 aromatic rings. The van der Waals surface area contributed by atoms with E-state index in [-0.39, 0.29) is 0 Å². The van der Waals surface area contributed by atoms with Crippen LogP contribution in [0.2, 0.25) is 0 Å². The summed E-state index contributed by atoms with van der Waals surface area (Å²) < 4.78 is 9.24. The van der Waals surface area contributed by atoms with Crippen molar-refractivity contribution >= 4 is 43.7 Å². The van der Waals surface area contributed by atoms with Crippen molar-refractivity contribution in [1.82, 2.24) is 4.57 Å². The molecule has 2 heteroatoms. The second-order valence-electron chi connectivity index (χ2n) is 11.3. The monoisotopic (exact) mass is 541 g/mol. The van der Waals surface area contributed by atoms with Gasteiger partial charge >= 0.3 is 0 Å². The number of furan rings is 1. The second kappa shape index (κ2) is 9.78. The molecule has 2 aromatic heterocycles. The molecule has 0 aliphatic heterocycles. The molecule has 0 aliphatic rings. The Labute approximate surface area is 245 Å². The molecule has 42 heavy (non-hydrogen) atoms. The molecule has 0 unspecified atom stereocenters. The van der Waals surface area contributed by atoms with Crippen LogP contribution in [0.1, 0.15) is 24.5 Å². The van der Waals surface area contributed by atoms with Crippen molar-refractivity contribution in [3.8, 4) is 27.9 Å². The van der Waals surface area contributed by atoms with Crippen molar-refractivity contribution in [1.29, 1.82) is 0 Å². The molecule has 2 nitrogen and oxygen atoms in total. The highest BCUT2D eigenvalue weighted by atomic mass is 16.3. The van der Waals surface area contributed by atoms with E-state index in [1.165, 1.54) is 55.1 Å². The fourth-order valence-corrected chi connectivity index (χ4v) is 6.70. The van der Waals surface area contributed by atoms with Crippen LogP contribution in [0, 0.1) is 6.92 Å². The van der Waals surface area contributed by atoms with Crippen LogP contribution in [0.3, 0.4) is 0 Å². The van der Waals surface area contributed by atoms with Gasteiger partial charge < -0.3 is 8.98 Å². The number of aromatic nitrogens is 1. The molecule has 0 atom stereocenters. The van der Waals surface area contributed by atoms with Crippen LogP contribution in [-0.4, -0.2) is 4.57 Å². The van der Waals surface area contributed by atoms with E-state index < -0.39 is 0 Å². The van der Waals surface area contributed by atoms with Gasteiger partial charge in [-0.2, -0.15) is 0 Å². The first-order chi connectivity index (χ1) is 20.7. The molecule has 2 heterocycles. The quantitative estimate of drug-likeness (QED) is 0.212. The van der Waals surface area contributed by atoms with Crippen LogP contribution in [0.4, 0.5) is 0 Å². The number of hydrogen-bond acceptors (Lipinski definition) is 1. The third-order valence-corrected chi connectivity index (χ3v) is 8.67. The fourth-order valence-electron chi connectivity index (χ4n) is 6.70. The van der Waals surface area contributed by atoms with Crippen molar-refractivity contribution < 1.29 is 4.42 Å². The lowest BCUT2D eigenvalue weighted by molar-refractivity contribution is 0.669. The topological polar surface area (TPSA) is 18.1 Å². The highest BCUT2D eigenvalue weighted by Gasteiger charge is 2.20. The number of nitrogens with zero attached hydrogens (tertiary/aromatic N) is 1. The van der Waals surface area contributed by atoms with Crippen LogP contribution in [0.25, 0.3) is 71.7 Å². The minimum absolute atomic E-state index is 0.921. The fraction of sp³-hybridized carbons (Fsp3) is 0.100. The normalized spacial score (nSPS) is 11.8. The van der Waals surface area contributed by atoms with Gasteiger partial charge in [-0.15, -0.1) is 0 Å². The maximum atomic E-state index is 6.85. The molecule has 0 saturated carbocycles. The van der Waals surface area contributed by atoms with E-state index in [9.17, 15) is 0 Å². The van der Waals surface area contributed by atoms with Crippen molar-refractivity contribution in [3.63, 3.8) is 0 Å². The Kier molecular flexibility index (Phi) is 5.75. The highest BCUT2D eigenvalue weighted by molar-refractivity contribution is 6.19. The summed E-state index contributed by atoms with van der Waals surface area (Å²) in [7, 11) is 0. The molecule has 0 spiro atoms. The minimum Gasteiger partial charge on any atom is -0.455 e. The van der Waals surface area contributed by atoms with Gasteiger partial charge in [-0.1, -0.05) is 110 Å². The molecule has 0 N–H and O–H groups in total. The van der Waals surface area contributed by atoms with Gasteiger partial charge in [0, 0.05) is 38.9 Å². The van der Waals surface area contributed by atoms with E-state index in [0.717, 1.165) is 40.6 Å². The van der Waals surface area contributed by atoms with Gasteiger partial charge in [-0.05, 0) is 65.4 Å². The van der Waals surface area contributed by atoms with E-state index >= 15 is 0 Å². The first kappa shape index (κ1) is 24.7. The van der Waals surface area contributed by atoms with E-state index in [2.05, 4.69) is 146 Å². The minimum atomic E-state index is 0.921. The Bertz CT molecular complexity index is 2270. The van der Waals surface area contributed by atoms with Gasteiger partial charge in [-0.3, -0.25) is 0 Å². The van der Waals surface area contributed by atoms with Gasteiger partial charge in [0.25, 0.3) is 0 Å². The molecule has 8 rings (SSSR count). The van der Waals surface area contributed by atoms with Crippen LogP contribution >= 0.6 is 0 Å². The number of hydrogen-bond donors (Lipinski definition) is 0. The Morgan fingerprint density at radius 2 is 1.38 bits per heavy atom. The Morgan fingerprint density at radius 3 is 2.24 bits per heavy atom. The Hall–Kier alpha value is -5.08. The standard InChI is InChI=1S/C40H31NO/c1-3-12-28-21-22-33-35-24-34-32-19-9-10-20-36(32)41(30-17-11-16-29(23-30)27-14-5-4-6-15-27)37(34)25-38(35)42-40(33)39(28)31-18-8-7-13-26(31)2/h4-11,13-25H,3,12H2,1-2H3. The van der Waals surface area contributed by atoms with E-state index in [1.807, 2.05) is 0 Å². The average Bonchev–Trinajstić information content (AvgIpc) is 3.56. The number of rotatable bonds is 5. The lowest BCUT2D eigenvalue weighted by Gasteiger charge is -2.12. The third kappa shape index (κ3) is 3.79. The molecular formula is C40H31NO. The molecule has 0 amide bonds. The first-order valence-electron chi connectivity index (χ1n) is 14.8. The number of benzene rings is 6. The Morgan fingerprint density at radius 1 is 0.595 bits per heavy atom. The number of fused-ring (bicyclic) bond motifs is 6. The molecule has 0 radical (unpaired) electrons. The number of aryl methyl sites for hydroxylation is 2. The van der Waals surface area contributed by atoms with E-state index in [1.54, 1.807) is 0 Å². The zero-order chi connectivity index (χ0) is 28.2. The van der Waals surface area contributed by atoms with Gasteiger partial charge in [-0.25, -0.2) is 0 Å². The van der Waals surface area contributed by atoms with E-state index in [4.69, 9.17) is 4.42 Å². The highest BCUT2D eigenvalue weighted by Crippen LogP contribution is 2.43. The zero-order valence-electron chi connectivity index (χ0n) is 23.9. The van der Waals surface area contributed by atoms with Crippen molar-refractivity contribution in [3.05, 3.63) is 139 Å². The molecule has 6 aromatic carbocycles. The summed E-state index contributed by atoms with van der Waals surface area (Å²) >= 11 is 0. The first-order valence-corrected chi connectivity index (χ1v) is 14.8. The lowest BCUT2D eigenvalue weighted by Crippen LogP contribution is -1.94. The summed E-state index contributed by atoms with van der Waals surface area (Å²) in [4.78, 5) is 0. The molecule has 0 fully saturated rings. The SMILES string of the molecule is CCCc1ccc2c(oc3cc4c(cc32)c2ccccc2n4-c2cccc(-c3ccccc3)c2)c1-c1ccccc1C. The molecule has 0 aliphatic carbocycles. The van der Waals surface area contributed by atoms with Gasteiger partial charge in [0.2, 0.25) is 0 Å². The predicted octanol–water partition coefficient (Wildman–Crippen LogP) is 11.3. The predicted molar refractivity (Wildman–Crippen MR) is 178 cm³/mol. The summed E-state index contributed by atoms with van der Waals surface area (Å²) in [5.74, 6) is 0. The van der Waals surface area contributed by atoms with Crippen molar-refractivity contribution in [2.45, 2.75) is 26.7 Å². The van der Waals surface area contributed by atoms with Crippen molar-refractivity contribution in [2.24, 2.45) is 0 Å². The maximum Gasteiger partial charge on any atom is 0.143 e. The summed E-state index contributed by atoms with van der Waals surface area (Å²) in [6.45, 7) is 4.44. The number of para-hydroxylation sites is 1. The summed E-state index contributed by atoms with van der Waals surface area (Å²) in [6, 6.07) is 46.0. The molecule has 202 valence electrons. The van der Waals surface area contributed by atoms with Crippen LogP contribution in [0.5, 0.6) is 0 Å². The van der Waals surface area contributed by atoms with Crippen molar-refractivity contribution in [2.75, 3.05) is 0 Å². The maximum absolute atomic E-state index is 6.85. The zero-order valence-corrected chi connectivity index (χ0v) is 23.9. The second-order valence-corrected chi connectivity index (χ2v) is 11.3. The molecule has 0 bridgehead atoms. The summed E-state index contributed by atoms with van der Waals surface area (Å²) in [5.41, 5.74) is 12.9.